The Morgan fingerprint density at radius 1 is 1.23 bits per heavy atom. The minimum absolute atomic E-state index is 0.00586. The normalized spacial score (nSPS) is 17.7. The van der Waals surface area contributed by atoms with E-state index in [0.717, 1.165) is 0 Å². The fraction of sp³-hybridized carbons (Fsp3) is 0.381. The molecule has 0 aromatic heterocycles. The Balaban J connectivity index is 1.57. The molecule has 0 aliphatic carbocycles. The predicted octanol–water partition coefficient (Wildman–Crippen LogP) is 4.22. The molecule has 7 nitrogen and oxygen atoms in total. The summed E-state index contributed by atoms with van der Waals surface area (Å²) in [5.74, 6) is -2.75. The minimum Gasteiger partial charge on any atom is -0.490 e. The van der Waals surface area contributed by atoms with Gasteiger partial charge in [0.05, 0.1) is 36.8 Å². The predicted molar refractivity (Wildman–Crippen MR) is 111 cm³/mol. The molecule has 2 heterocycles. The van der Waals surface area contributed by atoms with Crippen LogP contribution < -0.4 is 15.5 Å². The van der Waals surface area contributed by atoms with Crippen molar-refractivity contribution in [3.05, 3.63) is 51.5 Å². The van der Waals surface area contributed by atoms with Crippen molar-refractivity contribution in [3.63, 3.8) is 0 Å². The molecule has 1 saturated heterocycles. The van der Waals surface area contributed by atoms with Gasteiger partial charge in [-0.25, -0.2) is 14.3 Å². The maximum Gasteiger partial charge on any atom is 0.277 e. The summed E-state index contributed by atoms with van der Waals surface area (Å²) >= 11 is 3.18. The highest BCUT2D eigenvalue weighted by atomic mass is 79.9. The number of carbonyl (C=O) groups is 1. The van der Waals surface area contributed by atoms with Crippen molar-refractivity contribution in [1.29, 1.82) is 0 Å². The number of hydrogen-bond donors (Lipinski definition) is 2. The Morgan fingerprint density at radius 3 is 2.68 bits per heavy atom. The summed E-state index contributed by atoms with van der Waals surface area (Å²) in [7, 11) is 0. The monoisotopic (exact) mass is 498 g/mol. The van der Waals surface area contributed by atoms with Crippen molar-refractivity contribution < 1.29 is 32.6 Å². The average molecular weight is 499 g/mol. The average Bonchev–Trinajstić information content (AvgIpc) is 3.19. The van der Waals surface area contributed by atoms with Crippen molar-refractivity contribution in [3.8, 4) is 5.75 Å². The van der Waals surface area contributed by atoms with Crippen LogP contribution in [-0.2, 0) is 20.7 Å². The molecule has 0 bridgehead atoms. The Bertz CT molecular complexity index is 1010. The number of benzene rings is 2. The van der Waals surface area contributed by atoms with Crippen LogP contribution in [0.2, 0.25) is 0 Å². The molecule has 1 amide bonds. The molecule has 2 aliphatic heterocycles. The van der Waals surface area contributed by atoms with Crippen molar-refractivity contribution in [2.24, 2.45) is 0 Å². The van der Waals surface area contributed by atoms with Gasteiger partial charge in [-0.05, 0) is 38.1 Å². The van der Waals surface area contributed by atoms with Crippen LogP contribution in [0.1, 0.15) is 29.8 Å². The SMILES string of the molecule is CC1(C)OCC(ONC(=O)c2cc3c(c(F)c2Nc2ccc(Br)cc2F)OCC3)CO1. The van der Waals surface area contributed by atoms with Gasteiger partial charge in [-0.15, -0.1) is 0 Å². The highest BCUT2D eigenvalue weighted by Crippen LogP contribution is 2.38. The molecule has 0 radical (unpaired) electrons. The Kier molecular flexibility index (Phi) is 6.16. The molecule has 2 N–H and O–H groups in total. The summed E-state index contributed by atoms with van der Waals surface area (Å²) in [5.41, 5.74) is 2.63. The summed E-state index contributed by atoms with van der Waals surface area (Å²) in [6.45, 7) is 4.28. The van der Waals surface area contributed by atoms with Gasteiger partial charge in [-0.2, -0.15) is 0 Å². The van der Waals surface area contributed by atoms with E-state index in [1.807, 2.05) is 0 Å². The number of amides is 1. The largest absolute Gasteiger partial charge is 0.490 e. The molecule has 2 aliphatic rings. The van der Waals surface area contributed by atoms with Gasteiger partial charge in [-0.1, -0.05) is 15.9 Å². The molecule has 0 atom stereocenters. The van der Waals surface area contributed by atoms with Gasteiger partial charge in [0.15, 0.2) is 17.4 Å². The van der Waals surface area contributed by atoms with Crippen molar-refractivity contribution >= 4 is 33.2 Å². The molecule has 0 unspecified atom stereocenters. The topological polar surface area (TPSA) is 78.1 Å². The third-order valence-corrected chi connectivity index (χ3v) is 5.40. The maximum absolute atomic E-state index is 15.2. The second-order valence-electron chi connectivity index (χ2n) is 7.64. The lowest BCUT2D eigenvalue weighted by molar-refractivity contribution is -0.284. The molecular formula is C21H21BrF2N2O5. The first-order chi connectivity index (χ1) is 14.7. The first kappa shape index (κ1) is 21.9. The second-order valence-corrected chi connectivity index (χ2v) is 8.56. The van der Waals surface area contributed by atoms with Crippen LogP contribution in [0.15, 0.2) is 28.7 Å². The number of halogens is 3. The van der Waals surface area contributed by atoms with Gasteiger partial charge >= 0.3 is 0 Å². The highest BCUT2D eigenvalue weighted by molar-refractivity contribution is 9.10. The number of hydrogen-bond acceptors (Lipinski definition) is 6. The Morgan fingerprint density at radius 2 is 1.97 bits per heavy atom. The highest BCUT2D eigenvalue weighted by Gasteiger charge is 2.31. The molecule has 4 rings (SSSR count). The minimum atomic E-state index is -0.770. The summed E-state index contributed by atoms with van der Waals surface area (Å²) in [6, 6.07) is 5.78. The Hall–Kier alpha value is -2.27. The van der Waals surface area contributed by atoms with Crippen LogP contribution in [0.25, 0.3) is 0 Å². The van der Waals surface area contributed by atoms with Crippen LogP contribution in [0.5, 0.6) is 5.75 Å². The molecule has 1 fully saturated rings. The zero-order valence-corrected chi connectivity index (χ0v) is 18.5. The lowest BCUT2D eigenvalue weighted by Crippen LogP contribution is -2.45. The van der Waals surface area contributed by atoms with Gasteiger partial charge in [-0.3, -0.25) is 9.63 Å². The van der Waals surface area contributed by atoms with E-state index in [0.29, 0.717) is 23.1 Å². The number of anilines is 2. The van der Waals surface area contributed by atoms with Gasteiger partial charge in [0, 0.05) is 16.5 Å². The van der Waals surface area contributed by atoms with Crippen LogP contribution >= 0.6 is 15.9 Å². The van der Waals surface area contributed by atoms with E-state index < -0.39 is 29.4 Å². The molecular weight excluding hydrogens is 478 g/mol. The zero-order valence-electron chi connectivity index (χ0n) is 16.9. The van der Waals surface area contributed by atoms with Crippen molar-refractivity contribution in [1.82, 2.24) is 5.48 Å². The van der Waals surface area contributed by atoms with Crippen molar-refractivity contribution in [2.75, 3.05) is 25.1 Å². The molecule has 0 spiro atoms. The summed E-state index contributed by atoms with van der Waals surface area (Å²) in [5, 5.41) is 2.68. The molecule has 31 heavy (non-hydrogen) atoms. The maximum atomic E-state index is 15.2. The van der Waals surface area contributed by atoms with Crippen LogP contribution in [0.3, 0.4) is 0 Å². The third kappa shape index (κ3) is 4.82. The van der Waals surface area contributed by atoms with Gasteiger partial charge in [0.25, 0.3) is 5.91 Å². The quantitative estimate of drug-likeness (QED) is 0.601. The van der Waals surface area contributed by atoms with Gasteiger partial charge < -0.3 is 19.5 Å². The van der Waals surface area contributed by atoms with Gasteiger partial charge in [0.2, 0.25) is 0 Å². The number of carbonyl (C=O) groups excluding carboxylic acids is 1. The van der Waals surface area contributed by atoms with E-state index in [1.165, 1.54) is 18.2 Å². The summed E-state index contributed by atoms with van der Waals surface area (Å²) < 4.78 is 46.4. The second kappa shape index (κ2) is 8.70. The van der Waals surface area contributed by atoms with Crippen LogP contribution in [0.4, 0.5) is 20.2 Å². The van der Waals surface area contributed by atoms with E-state index in [-0.39, 0.29) is 35.9 Å². The third-order valence-electron chi connectivity index (χ3n) is 4.90. The number of rotatable bonds is 5. The Labute approximate surface area is 186 Å². The van der Waals surface area contributed by atoms with Crippen molar-refractivity contribution in [2.45, 2.75) is 32.2 Å². The smallest absolute Gasteiger partial charge is 0.277 e. The number of ether oxygens (including phenoxy) is 3. The first-order valence-corrected chi connectivity index (χ1v) is 10.5. The first-order valence-electron chi connectivity index (χ1n) is 9.67. The number of fused-ring (bicyclic) bond motifs is 1. The van der Waals surface area contributed by atoms with E-state index >= 15 is 4.39 Å². The fourth-order valence-corrected chi connectivity index (χ4v) is 3.59. The molecule has 2 aromatic carbocycles. The standard InChI is InChI=1S/C21H21BrF2N2O5/c1-21(2)29-9-13(10-30-21)31-26-20(27)14-7-11-5-6-28-19(11)17(24)18(14)25-16-4-3-12(22)8-15(16)23/h3-4,7-8,13,25H,5-6,9-10H2,1-2H3,(H,26,27). The summed E-state index contributed by atoms with van der Waals surface area (Å²) in [6.07, 6.45) is -0.0698. The molecule has 10 heteroatoms. The molecule has 0 saturated carbocycles. The summed E-state index contributed by atoms with van der Waals surface area (Å²) in [4.78, 5) is 18.2. The van der Waals surface area contributed by atoms with Crippen LogP contribution in [-0.4, -0.2) is 37.6 Å². The molecule has 166 valence electrons. The molecule has 2 aromatic rings. The fourth-order valence-electron chi connectivity index (χ4n) is 3.25. The zero-order chi connectivity index (χ0) is 22.2. The number of nitrogens with one attached hydrogen (secondary N) is 2. The van der Waals surface area contributed by atoms with E-state index in [9.17, 15) is 9.18 Å². The van der Waals surface area contributed by atoms with Gasteiger partial charge in [0.1, 0.15) is 11.9 Å². The van der Waals surface area contributed by atoms with E-state index in [1.54, 1.807) is 19.9 Å². The van der Waals surface area contributed by atoms with Crippen LogP contribution in [0, 0.1) is 11.6 Å². The lowest BCUT2D eigenvalue weighted by atomic mass is 10.0. The van der Waals surface area contributed by atoms with E-state index in [4.69, 9.17) is 19.0 Å². The van der Waals surface area contributed by atoms with E-state index in [2.05, 4.69) is 26.7 Å². The number of hydroxylamine groups is 1. The lowest BCUT2D eigenvalue weighted by Gasteiger charge is -2.34.